The largest absolute Gasteiger partial charge is 0.392 e. The summed E-state index contributed by atoms with van der Waals surface area (Å²) in [6.07, 6.45) is 2.63. The smallest absolute Gasteiger partial charge is 0.169 e. The fraction of sp³-hybridized carbons (Fsp3) is 0.300. The van der Waals surface area contributed by atoms with Crippen LogP contribution in [0.4, 0.5) is 0 Å². The summed E-state index contributed by atoms with van der Waals surface area (Å²) in [7, 11) is 1.51. The van der Waals surface area contributed by atoms with Crippen LogP contribution in [0.15, 0.2) is 59.5 Å². The van der Waals surface area contributed by atoms with E-state index in [0.29, 0.717) is 5.70 Å². The van der Waals surface area contributed by atoms with E-state index in [9.17, 15) is 15.2 Å². The Morgan fingerprint density at radius 3 is 2.72 bits per heavy atom. The standard InChI is InChI=1S/C20H20N2O3/c1-13(23)11-22-12-15-8-18(24)19(25-2)9-16(15)20(17(22)10-21)14-6-4-3-5-7-14/h3-7,9,12-13,19,23H,8,11H2,1-2H3. The molecule has 0 saturated heterocycles. The van der Waals surface area contributed by atoms with Crippen LogP contribution < -0.4 is 0 Å². The number of carbonyl (C=O) groups excluding carboxylic acids is 1. The molecule has 1 aromatic carbocycles. The van der Waals surface area contributed by atoms with E-state index < -0.39 is 12.2 Å². The number of ketones is 1. The highest BCUT2D eigenvalue weighted by molar-refractivity contribution is 5.98. The third kappa shape index (κ3) is 3.27. The van der Waals surface area contributed by atoms with Crippen molar-refractivity contribution in [3.05, 3.63) is 65.0 Å². The van der Waals surface area contributed by atoms with Gasteiger partial charge in [-0.25, -0.2) is 0 Å². The van der Waals surface area contributed by atoms with Gasteiger partial charge in [0.2, 0.25) is 0 Å². The lowest BCUT2D eigenvalue weighted by Crippen LogP contribution is -2.33. The van der Waals surface area contributed by atoms with E-state index in [1.54, 1.807) is 24.1 Å². The molecule has 128 valence electrons. The van der Waals surface area contributed by atoms with Gasteiger partial charge in [0.1, 0.15) is 17.9 Å². The second-order valence-corrected chi connectivity index (χ2v) is 6.24. The average Bonchev–Trinajstić information content (AvgIpc) is 2.60. The molecule has 0 aromatic heterocycles. The molecule has 0 spiro atoms. The van der Waals surface area contributed by atoms with E-state index in [4.69, 9.17) is 4.74 Å². The number of allylic oxidation sites excluding steroid dienone is 4. The molecule has 0 saturated carbocycles. The molecule has 25 heavy (non-hydrogen) atoms. The topological polar surface area (TPSA) is 73.6 Å². The van der Waals surface area contributed by atoms with Gasteiger partial charge < -0.3 is 14.7 Å². The number of methoxy groups -OCH3 is 1. The van der Waals surface area contributed by atoms with Gasteiger partial charge in [0, 0.05) is 31.8 Å². The number of β-amino-alcohol motifs (C(OH)–C–C–N with tert-alkyl or cyclic N) is 1. The number of hydrogen-bond donors (Lipinski definition) is 1. The molecule has 1 aliphatic carbocycles. The Bertz CT molecular complexity index is 813. The lowest BCUT2D eigenvalue weighted by atomic mass is 9.81. The Labute approximate surface area is 147 Å². The normalized spacial score (nSPS) is 21.3. The summed E-state index contributed by atoms with van der Waals surface area (Å²) in [5.74, 6) is -0.0117. The summed E-state index contributed by atoms with van der Waals surface area (Å²) >= 11 is 0. The van der Waals surface area contributed by atoms with Crippen molar-refractivity contribution in [3.63, 3.8) is 0 Å². The number of carbonyl (C=O) groups is 1. The zero-order valence-corrected chi connectivity index (χ0v) is 14.3. The molecule has 1 N–H and O–H groups in total. The lowest BCUT2D eigenvalue weighted by Gasteiger charge is -2.34. The first-order valence-corrected chi connectivity index (χ1v) is 8.18. The molecule has 0 radical (unpaired) electrons. The van der Waals surface area contributed by atoms with Gasteiger partial charge in [0.15, 0.2) is 5.78 Å². The van der Waals surface area contributed by atoms with Crippen molar-refractivity contribution >= 4 is 11.4 Å². The zero-order valence-electron chi connectivity index (χ0n) is 14.3. The van der Waals surface area contributed by atoms with Crippen molar-refractivity contribution in [3.8, 4) is 6.07 Å². The molecule has 2 unspecified atom stereocenters. The van der Waals surface area contributed by atoms with Crippen molar-refractivity contribution in [2.75, 3.05) is 13.7 Å². The molecule has 1 heterocycles. The Balaban J connectivity index is 2.21. The zero-order chi connectivity index (χ0) is 18.0. The first-order chi connectivity index (χ1) is 12.0. The first kappa shape index (κ1) is 17.2. The van der Waals surface area contributed by atoms with E-state index >= 15 is 0 Å². The number of ether oxygens (including phenoxy) is 1. The van der Waals surface area contributed by atoms with Crippen LogP contribution in [0.5, 0.6) is 0 Å². The van der Waals surface area contributed by atoms with Crippen molar-refractivity contribution in [1.82, 2.24) is 4.90 Å². The van der Waals surface area contributed by atoms with Gasteiger partial charge in [-0.05, 0) is 29.7 Å². The third-order valence-electron chi connectivity index (χ3n) is 4.33. The number of aliphatic hydroxyl groups excluding tert-OH is 1. The molecule has 3 rings (SSSR count). The number of fused-ring (bicyclic) bond motifs is 1. The minimum absolute atomic E-state index is 0.0117. The second-order valence-electron chi connectivity index (χ2n) is 6.24. The lowest BCUT2D eigenvalue weighted by molar-refractivity contribution is -0.125. The Hall–Kier alpha value is -2.68. The maximum Gasteiger partial charge on any atom is 0.169 e. The molecule has 2 aliphatic rings. The third-order valence-corrected chi connectivity index (χ3v) is 4.33. The van der Waals surface area contributed by atoms with E-state index in [2.05, 4.69) is 6.07 Å². The van der Waals surface area contributed by atoms with Gasteiger partial charge >= 0.3 is 0 Å². The first-order valence-electron chi connectivity index (χ1n) is 8.18. The van der Waals surface area contributed by atoms with Crippen LogP contribution in [-0.2, 0) is 9.53 Å². The van der Waals surface area contributed by atoms with Crippen LogP contribution in [0.25, 0.3) is 5.57 Å². The summed E-state index contributed by atoms with van der Waals surface area (Å²) in [4.78, 5) is 14.0. The van der Waals surface area contributed by atoms with E-state index in [1.807, 2.05) is 30.3 Å². The molecule has 5 heteroatoms. The fourth-order valence-corrected chi connectivity index (χ4v) is 3.26. The molecule has 0 amide bonds. The van der Waals surface area contributed by atoms with Crippen molar-refractivity contribution in [2.24, 2.45) is 0 Å². The predicted molar refractivity (Wildman–Crippen MR) is 93.9 cm³/mol. The molecule has 5 nitrogen and oxygen atoms in total. The number of nitriles is 1. The van der Waals surface area contributed by atoms with Gasteiger partial charge in [0.25, 0.3) is 0 Å². The highest BCUT2D eigenvalue weighted by Crippen LogP contribution is 2.41. The Morgan fingerprint density at radius 2 is 2.12 bits per heavy atom. The molecule has 1 aromatic rings. The minimum atomic E-state index is -0.603. The van der Waals surface area contributed by atoms with Crippen molar-refractivity contribution in [2.45, 2.75) is 25.6 Å². The van der Waals surface area contributed by atoms with Crippen LogP contribution in [0.3, 0.4) is 0 Å². The van der Waals surface area contributed by atoms with Crippen molar-refractivity contribution < 1.29 is 14.6 Å². The Kier molecular flexibility index (Phi) is 4.84. The number of benzene rings is 1. The maximum atomic E-state index is 12.2. The second kappa shape index (κ2) is 7.06. The summed E-state index contributed by atoms with van der Waals surface area (Å²) < 4.78 is 5.28. The Morgan fingerprint density at radius 1 is 1.40 bits per heavy atom. The molecular formula is C20H20N2O3. The number of Topliss-reactive ketones (excluding diaryl/α,β-unsaturated/α-hetero) is 1. The van der Waals surface area contributed by atoms with Crippen LogP contribution in [0.1, 0.15) is 18.9 Å². The summed E-state index contributed by atoms with van der Waals surface area (Å²) in [6.45, 7) is 1.96. The monoisotopic (exact) mass is 336 g/mol. The highest BCUT2D eigenvalue weighted by atomic mass is 16.5. The summed E-state index contributed by atoms with van der Waals surface area (Å²) in [6, 6.07) is 11.9. The van der Waals surface area contributed by atoms with Crippen LogP contribution in [-0.4, -0.2) is 41.7 Å². The van der Waals surface area contributed by atoms with Crippen molar-refractivity contribution in [1.29, 1.82) is 5.26 Å². The van der Waals surface area contributed by atoms with E-state index in [-0.39, 0.29) is 18.7 Å². The molecule has 1 aliphatic heterocycles. The quantitative estimate of drug-likeness (QED) is 0.914. The minimum Gasteiger partial charge on any atom is -0.392 e. The number of nitrogens with zero attached hydrogens (tertiary/aromatic N) is 2. The van der Waals surface area contributed by atoms with Gasteiger partial charge in [-0.1, -0.05) is 30.3 Å². The van der Waals surface area contributed by atoms with E-state index in [1.165, 1.54) is 7.11 Å². The molecule has 0 bridgehead atoms. The summed E-state index contributed by atoms with van der Waals surface area (Å²) in [5.41, 5.74) is 3.84. The van der Waals surface area contributed by atoms with Gasteiger partial charge in [-0.2, -0.15) is 5.26 Å². The van der Waals surface area contributed by atoms with Crippen LogP contribution in [0.2, 0.25) is 0 Å². The number of rotatable bonds is 4. The van der Waals surface area contributed by atoms with Gasteiger partial charge in [-0.3, -0.25) is 4.79 Å². The SMILES string of the molecule is COC1C=C2C(=CN(CC(C)O)C(C#N)=C2c2ccccc2)CC1=O. The molecule has 0 fully saturated rings. The van der Waals surface area contributed by atoms with Gasteiger partial charge in [-0.15, -0.1) is 0 Å². The number of aliphatic hydroxyl groups is 1. The van der Waals surface area contributed by atoms with Crippen LogP contribution in [0, 0.1) is 11.3 Å². The van der Waals surface area contributed by atoms with E-state index in [0.717, 1.165) is 22.3 Å². The number of hydrogen-bond acceptors (Lipinski definition) is 5. The highest BCUT2D eigenvalue weighted by Gasteiger charge is 2.33. The predicted octanol–water partition coefficient (Wildman–Crippen LogP) is 2.42. The molecular weight excluding hydrogens is 316 g/mol. The summed E-state index contributed by atoms with van der Waals surface area (Å²) in [5, 5.41) is 19.6. The fourth-order valence-electron chi connectivity index (χ4n) is 3.26. The van der Waals surface area contributed by atoms with Crippen LogP contribution >= 0.6 is 0 Å². The molecule has 2 atom stereocenters. The average molecular weight is 336 g/mol. The van der Waals surface area contributed by atoms with Gasteiger partial charge in [0.05, 0.1) is 6.10 Å². The maximum absolute atomic E-state index is 12.2.